The van der Waals surface area contributed by atoms with Crippen LogP contribution in [-0.2, 0) is 9.53 Å². The van der Waals surface area contributed by atoms with Crippen LogP contribution in [0.15, 0.2) is 12.2 Å². The van der Waals surface area contributed by atoms with Crippen molar-refractivity contribution >= 4 is 5.97 Å². The highest BCUT2D eigenvalue weighted by Crippen LogP contribution is 2.20. The molecule has 0 radical (unpaired) electrons. The van der Waals surface area contributed by atoms with E-state index in [9.17, 15) is 4.79 Å². The van der Waals surface area contributed by atoms with E-state index in [1.54, 1.807) is 0 Å². The average molecular weight is 182 g/mol. The first-order valence-corrected chi connectivity index (χ1v) is 5.13. The van der Waals surface area contributed by atoms with E-state index in [4.69, 9.17) is 4.74 Å². The van der Waals surface area contributed by atoms with Crippen molar-refractivity contribution in [2.75, 3.05) is 0 Å². The van der Waals surface area contributed by atoms with Crippen molar-refractivity contribution in [2.24, 2.45) is 5.92 Å². The number of esters is 1. The Labute approximate surface area is 80.0 Å². The van der Waals surface area contributed by atoms with Crippen LogP contribution in [0.5, 0.6) is 0 Å². The number of cyclic esters (lactones) is 1. The fourth-order valence-electron chi connectivity index (χ4n) is 1.57. The van der Waals surface area contributed by atoms with E-state index in [0.717, 1.165) is 12.8 Å². The second kappa shape index (κ2) is 5.05. The summed E-state index contributed by atoms with van der Waals surface area (Å²) >= 11 is 0. The van der Waals surface area contributed by atoms with Crippen LogP contribution < -0.4 is 0 Å². The van der Waals surface area contributed by atoms with Gasteiger partial charge in [-0.2, -0.15) is 0 Å². The largest absolute Gasteiger partial charge is 0.459 e. The molecule has 0 aromatic heterocycles. The fraction of sp³-hybridized carbons (Fsp3) is 0.727. The Hall–Kier alpha value is -0.790. The molecule has 1 aliphatic rings. The lowest BCUT2D eigenvalue weighted by Gasteiger charge is -2.24. The van der Waals surface area contributed by atoms with Crippen molar-refractivity contribution in [3.8, 4) is 0 Å². The molecule has 2 heteroatoms. The topological polar surface area (TPSA) is 26.3 Å². The minimum atomic E-state index is -0.181. The molecule has 1 rings (SSSR count). The maximum atomic E-state index is 10.9. The van der Waals surface area contributed by atoms with Crippen molar-refractivity contribution in [1.82, 2.24) is 0 Å². The highest BCUT2D eigenvalue weighted by Gasteiger charge is 2.22. The molecule has 0 saturated carbocycles. The Morgan fingerprint density at radius 1 is 1.46 bits per heavy atom. The van der Waals surface area contributed by atoms with E-state index in [-0.39, 0.29) is 12.1 Å². The highest BCUT2D eigenvalue weighted by atomic mass is 16.5. The van der Waals surface area contributed by atoms with E-state index in [0.29, 0.717) is 5.92 Å². The molecule has 0 aromatic carbocycles. The van der Waals surface area contributed by atoms with Gasteiger partial charge in [-0.3, -0.25) is 0 Å². The van der Waals surface area contributed by atoms with Gasteiger partial charge in [-0.15, -0.1) is 0 Å². The predicted molar refractivity (Wildman–Crippen MR) is 52.3 cm³/mol. The summed E-state index contributed by atoms with van der Waals surface area (Å²) in [5.41, 5.74) is 0. The lowest BCUT2D eigenvalue weighted by Crippen LogP contribution is -2.27. The molecule has 0 bridgehead atoms. The third-order valence-electron chi connectivity index (χ3n) is 2.48. The van der Waals surface area contributed by atoms with Crippen LogP contribution in [0.25, 0.3) is 0 Å². The quantitative estimate of drug-likeness (QED) is 0.493. The summed E-state index contributed by atoms with van der Waals surface area (Å²) in [4.78, 5) is 10.9. The minimum absolute atomic E-state index is 0.115. The van der Waals surface area contributed by atoms with Gasteiger partial charge in [0.2, 0.25) is 0 Å². The van der Waals surface area contributed by atoms with Gasteiger partial charge >= 0.3 is 5.97 Å². The maximum Gasteiger partial charge on any atom is 0.330 e. The van der Waals surface area contributed by atoms with Crippen LogP contribution in [0.3, 0.4) is 0 Å². The first-order valence-electron chi connectivity index (χ1n) is 5.13. The molecular weight excluding hydrogens is 164 g/mol. The summed E-state index contributed by atoms with van der Waals surface area (Å²) < 4.78 is 5.22. The van der Waals surface area contributed by atoms with Crippen molar-refractivity contribution in [1.29, 1.82) is 0 Å². The summed E-state index contributed by atoms with van der Waals surface area (Å²) in [6, 6.07) is 0. The highest BCUT2D eigenvalue weighted by molar-refractivity contribution is 5.82. The second-order valence-corrected chi connectivity index (χ2v) is 3.69. The van der Waals surface area contributed by atoms with Gasteiger partial charge in [-0.1, -0.05) is 32.8 Å². The van der Waals surface area contributed by atoms with Gasteiger partial charge in [0.15, 0.2) is 0 Å². The molecule has 0 N–H and O–H groups in total. The summed E-state index contributed by atoms with van der Waals surface area (Å²) in [7, 11) is 0. The van der Waals surface area contributed by atoms with E-state index in [1.807, 2.05) is 6.08 Å². The Kier molecular flexibility index (Phi) is 4.00. The van der Waals surface area contributed by atoms with Crippen LogP contribution >= 0.6 is 0 Å². The van der Waals surface area contributed by atoms with Crippen LogP contribution in [-0.4, -0.2) is 12.1 Å². The van der Waals surface area contributed by atoms with Crippen LogP contribution in [0.1, 0.15) is 39.5 Å². The summed E-state index contributed by atoms with van der Waals surface area (Å²) in [5.74, 6) is 0.203. The summed E-state index contributed by atoms with van der Waals surface area (Å²) in [5, 5.41) is 0. The molecule has 74 valence electrons. The molecule has 0 saturated heterocycles. The van der Waals surface area contributed by atoms with Gasteiger partial charge in [0.05, 0.1) is 0 Å². The SMILES string of the molecule is CCCCC[C@@H]1OC(=O)C=C[C@H]1C. The van der Waals surface area contributed by atoms with Gasteiger partial charge in [0.1, 0.15) is 6.10 Å². The third kappa shape index (κ3) is 3.21. The van der Waals surface area contributed by atoms with Crippen LogP contribution in [0, 0.1) is 5.92 Å². The molecule has 0 aliphatic carbocycles. The number of hydrogen-bond donors (Lipinski definition) is 0. The van der Waals surface area contributed by atoms with E-state index in [2.05, 4.69) is 13.8 Å². The number of unbranched alkanes of at least 4 members (excludes halogenated alkanes) is 2. The molecule has 13 heavy (non-hydrogen) atoms. The molecule has 0 unspecified atom stereocenters. The van der Waals surface area contributed by atoms with Crippen molar-refractivity contribution in [3.05, 3.63) is 12.2 Å². The molecular formula is C11H18O2. The van der Waals surface area contributed by atoms with Crippen LogP contribution in [0.2, 0.25) is 0 Å². The monoisotopic (exact) mass is 182 g/mol. The Morgan fingerprint density at radius 2 is 2.23 bits per heavy atom. The predicted octanol–water partition coefficient (Wildman–Crippen LogP) is 2.68. The third-order valence-corrected chi connectivity index (χ3v) is 2.48. The molecule has 0 amide bonds. The number of hydrogen-bond acceptors (Lipinski definition) is 2. The molecule has 2 atom stereocenters. The lowest BCUT2D eigenvalue weighted by atomic mass is 9.97. The molecule has 1 aliphatic heterocycles. The summed E-state index contributed by atoms with van der Waals surface area (Å²) in [6.45, 7) is 4.27. The Bertz CT molecular complexity index is 196. The molecule has 0 spiro atoms. The fourth-order valence-corrected chi connectivity index (χ4v) is 1.57. The number of carbonyl (C=O) groups is 1. The zero-order chi connectivity index (χ0) is 9.68. The molecule has 0 fully saturated rings. The first-order chi connectivity index (χ1) is 6.24. The van der Waals surface area contributed by atoms with Gasteiger partial charge in [0.25, 0.3) is 0 Å². The molecule has 2 nitrogen and oxygen atoms in total. The summed E-state index contributed by atoms with van der Waals surface area (Å²) in [6.07, 6.45) is 8.19. The lowest BCUT2D eigenvalue weighted by molar-refractivity contribution is -0.146. The van der Waals surface area contributed by atoms with Gasteiger partial charge in [-0.05, 0) is 12.8 Å². The number of carbonyl (C=O) groups excluding carboxylic acids is 1. The Morgan fingerprint density at radius 3 is 2.92 bits per heavy atom. The number of rotatable bonds is 4. The second-order valence-electron chi connectivity index (χ2n) is 3.69. The van der Waals surface area contributed by atoms with Gasteiger partial charge in [-0.25, -0.2) is 4.79 Å². The van der Waals surface area contributed by atoms with Crippen LogP contribution in [0.4, 0.5) is 0 Å². The van der Waals surface area contributed by atoms with Gasteiger partial charge in [0, 0.05) is 12.0 Å². The molecule has 1 heterocycles. The Balaban J connectivity index is 2.32. The van der Waals surface area contributed by atoms with Crippen molar-refractivity contribution in [2.45, 2.75) is 45.6 Å². The van der Waals surface area contributed by atoms with Crippen molar-refractivity contribution in [3.63, 3.8) is 0 Å². The molecule has 0 aromatic rings. The van der Waals surface area contributed by atoms with Gasteiger partial charge < -0.3 is 4.74 Å². The minimum Gasteiger partial charge on any atom is -0.459 e. The average Bonchev–Trinajstić information content (AvgIpc) is 2.11. The zero-order valence-electron chi connectivity index (χ0n) is 8.45. The van der Waals surface area contributed by atoms with E-state index >= 15 is 0 Å². The maximum absolute atomic E-state index is 10.9. The van der Waals surface area contributed by atoms with Crippen molar-refractivity contribution < 1.29 is 9.53 Å². The standard InChI is InChI=1S/C11H18O2/c1-3-4-5-6-10-9(2)7-8-11(12)13-10/h7-10H,3-6H2,1-2H3/t9-,10+/m1/s1. The normalized spacial score (nSPS) is 27.4. The number of ether oxygens (including phenoxy) is 1. The first kappa shape index (κ1) is 10.3. The zero-order valence-corrected chi connectivity index (χ0v) is 8.45. The van der Waals surface area contributed by atoms with E-state index < -0.39 is 0 Å². The van der Waals surface area contributed by atoms with E-state index in [1.165, 1.54) is 18.9 Å². The smallest absolute Gasteiger partial charge is 0.330 e.